The first-order valence-electron chi connectivity index (χ1n) is 17.3. The number of carbonyl (C=O) groups excluding carboxylic acids is 3. The van der Waals surface area contributed by atoms with E-state index in [1.807, 2.05) is 13.0 Å². The number of hydrogen-bond acceptors (Lipinski definition) is 7. The average molecular weight is 634 g/mol. The first-order valence-corrected chi connectivity index (χ1v) is 17.3. The van der Waals surface area contributed by atoms with Crippen LogP contribution in [0, 0.1) is 55.5 Å². The van der Waals surface area contributed by atoms with Crippen molar-refractivity contribution in [2.45, 2.75) is 119 Å². The van der Waals surface area contributed by atoms with E-state index >= 15 is 0 Å². The zero-order valence-electron chi connectivity index (χ0n) is 29.0. The van der Waals surface area contributed by atoms with Crippen molar-refractivity contribution in [1.82, 2.24) is 0 Å². The number of amides is 1. The lowest BCUT2D eigenvalue weighted by atomic mass is 9.33. The normalized spacial score (nSPS) is 42.7. The van der Waals surface area contributed by atoms with Gasteiger partial charge in [0.2, 0.25) is 5.91 Å². The smallest absolute Gasteiger partial charge is 0.302 e. The molecule has 0 spiro atoms. The van der Waals surface area contributed by atoms with Crippen LogP contribution >= 0.6 is 0 Å². The second kappa shape index (κ2) is 10.6. The van der Waals surface area contributed by atoms with Gasteiger partial charge in [-0.25, -0.2) is 0 Å². The van der Waals surface area contributed by atoms with Crippen LogP contribution in [0.25, 0.3) is 0 Å². The summed E-state index contributed by atoms with van der Waals surface area (Å²) < 4.78 is 5.86. The number of esters is 1. The molecular formula is C38H53N2O6-. The van der Waals surface area contributed by atoms with Crippen LogP contribution < -0.4 is 10.5 Å². The molecule has 6 rings (SSSR count). The van der Waals surface area contributed by atoms with Gasteiger partial charge in [0.1, 0.15) is 6.10 Å². The summed E-state index contributed by atoms with van der Waals surface area (Å²) in [7, 11) is 0. The maximum absolute atomic E-state index is 14.7. The third-order valence-corrected chi connectivity index (χ3v) is 14.7. The molecule has 9 atom stereocenters. The van der Waals surface area contributed by atoms with Crippen molar-refractivity contribution in [1.29, 1.82) is 0 Å². The van der Waals surface area contributed by atoms with Gasteiger partial charge in [-0.2, -0.15) is 0 Å². The minimum atomic E-state index is -0.654. The molecule has 0 saturated heterocycles. The van der Waals surface area contributed by atoms with Crippen molar-refractivity contribution < 1.29 is 24.3 Å². The van der Waals surface area contributed by atoms with Gasteiger partial charge < -0.3 is 20.5 Å². The van der Waals surface area contributed by atoms with E-state index in [9.17, 15) is 24.8 Å². The molecule has 8 heteroatoms. The van der Waals surface area contributed by atoms with Crippen LogP contribution in [0.15, 0.2) is 35.9 Å². The zero-order chi connectivity index (χ0) is 33.7. The first kappa shape index (κ1) is 33.2. The van der Waals surface area contributed by atoms with Crippen LogP contribution in [0.4, 0.5) is 11.4 Å². The van der Waals surface area contributed by atoms with Crippen molar-refractivity contribution in [3.8, 4) is 0 Å². The molecule has 1 aromatic carbocycles. The molecule has 5 aliphatic carbocycles. The molecule has 0 aliphatic heterocycles. The SMILES string of the molecule is CC(=O)O[C@@H]1CC[C@@]2(C)[C@H](CC[C@]3(C)[C@@H]2C(=O)C=C2[C@H]4C[C@@](C)(C(=O)Nc5cccc(N([O-])O)c5)CC[C@]4(C)CC[C@@]23C)C1(C)C. The molecule has 0 heterocycles. The van der Waals surface area contributed by atoms with Crippen LogP contribution in [-0.4, -0.2) is 29.0 Å². The molecule has 0 radical (unpaired) electrons. The van der Waals surface area contributed by atoms with Gasteiger partial charge in [0.05, 0.1) is 5.69 Å². The minimum absolute atomic E-state index is 0.0135. The van der Waals surface area contributed by atoms with E-state index in [0.29, 0.717) is 12.1 Å². The highest BCUT2D eigenvalue weighted by molar-refractivity contribution is 5.97. The van der Waals surface area contributed by atoms with E-state index < -0.39 is 5.41 Å². The topological polar surface area (TPSA) is 119 Å². The van der Waals surface area contributed by atoms with Crippen molar-refractivity contribution in [2.75, 3.05) is 10.5 Å². The Balaban J connectivity index is 1.33. The molecule has 0 bridgehead atoms. The van der Waals surface area contributed by atoms with Crippen molar-refractivity contribution in [3.63, 3.8) is 0 Å². The van der Waals surface area contributed by atoms with Gasteiger partial charge in [0.15, 0.2) is 5.78 Å². The molecule has 252 valence electrons. The van der Waals surface area contributed by atoms with E-state index in [1.54, 1.807) is 12.1 Å². The monoisotopic (exact) mass is 633 g/mol. The first-order chi connectivity index (χ1) is 21.3. The number of hydrogen-bond donors (Lipinski definition) is 2. The molecule has 0 aromatic heterocycles. The Labute approximate surface area is 274 Å². The second-order valence-electron chi connectivity index (χ2n) is 17.5. The van der Waals surface area contributed by atoms with Gasteiger partial charge in [-0.1, -0.05) is 60.1 Å². The maximum atomic E-state index is 14.7. The fourth-order valence-corrected chi connectivity index (χ4v) is 11.8. The number of carbonyl (C=O) groups is 3. The summed E-state index contributed by atoms with van der Waals surface area (Å²) in [4.78, 5) is 40.6. The Hall–Kier alpha value is -2.71. The lowest BCUT2D eigenvalue weighted by Gasteiger charge is -2.70. The van der Waals surface area contributed by atoms with Gasteiger partial charge >= 0.3 is 5.97 Å². The van der Waals surface area contributed by atoms with Gasteiger partial charge in [0, 0.05) is 29.4 Å². The van der Waals surface area contributed by atoms with Gasteiger partial charge in [0.25, 0.3) is 0 Å². The largest absolute Gasteiger partial charge is 0.733 e. The number of ketones is 1. The molecular weight excluding hydrogens is 580 g/mol. The molecule has 4 fully saturated rings. The van der Waals surface area contributed by atoms with Crippen LogP contribution in [0.3, 0.4) is 0 Å². The number of anilines is 2. The second-order valence-corrected chi connectivity index (χ2v) is 17.5. The third-order valence-electron chi connectivity index (χ3n) is 14.7. The Morgan fingerprint density at radius 1 is 0.978 bits per heavy atom. The Bertz CT molecular complexity index is 1480. The Morgan fingerprint density at radius 3 is 2.35 bits per heavy atom. The lowest BCUT2D eigenvalue weighted by molar-refractivity contribution is -0.210. The highest BCUT2D eigenvalue weighted by Crippen LogP contribution is 2.75. The zero-order valence-corrected chi connectivity index (χ0v) is 29.0. The molecule has 2 N–H and O–H groups in total. The summed E-state index contributed by atoms with van der Waals surface area (Å²) >= 11 is 0. The highest BCUT2D eigenvalue weighted by atomic mass is 16.8. The van der Waals surface area contributed by atoms with Crippen LogP contribution in [-0.2, 0) is 19.1 Å². The average Bonchev–Trinajstić information content (AvgIpc) is 2.96. The third kappa shape index (κ3) is 4.71. The molecule has 4 saturated carbocycles. The molecule has 5 aliphatic rings. The summed E-state index contributed by atoms with van der Waals surface area (Å²) in [5.41, 5.74) is 0.346. The summed E-state index contributed by atoms with van der Waals surface area (Å²) in [6.07, 6.45) is 9.90. The molecule has 0 unspecified atom stereocenters. The summed E-state index contributed by atoms with van der Waals surface area (Å²) in [6, 6.07) is 6.31. The molecule has 1 amide bonds. The van der Waals surface area contributed by atoms with E-state index in [0.717, 1.165) is 51.4 Å². The standard InChI is InChI=1S/C38H53N2O6/c1-23(41)46-30-13-14-36(6)29(33(30,2)3)12-15-38(8)31(36)28(42)21-26-27-22-35(5,17-16-34(27,4)18-19-37(26,38)7)32(43)39-24-10-9-11-25(20-24)40(44)45/h9-11,20-21,27,29-31,44H,12-19,22H2,1-8H3,(H,39,43)/q-1/t27-,29-,30-,31-,34-,35+,36+,37+,38-/m1/s1. The van der Waals surface area contributed by atoms with Crippen molar-refractivity contribution in [2.24, 2.45) is 50.2 Å². The maximum Gasteiger partial charge on any atom is 0.302 e. The van der Waals surface area contributed by atoms with E-state index in [1.165, 1.54) is 24.6 Å². The number of nitrogens with zero attached hydrogens (tertiary/aromatic N) is 1. The van der Waals surface area contributed by atoms with Gasteiger partial charge in [-0.15, -0.1) is 0 Å². The van der Waals surface area contributed by atoms with E-state index in [-0.39, 0.29) is 79.5 Å². The summed E-state index contributed by atoms with van der Waals surface area (Å²) in [5, 5.41) is 23.6. The van der Waals surface area contributed by atoms with Crippen LogP contribution in [0.5, 0.6) is 0 Å². The molecule has 1 aromatic rings. The van der Waals surface area contributed by atoms with E-state index in [2.05, 4.69) is 46.9 Å². The highest BCUT2D eigenvalue weighted by Gasteiger charge is 2.70. The van der Waals surface area contributed by atoms with Crippen LogP contribution in [0.2, 0.25) is 0 Å². The van der Waals surface area contributed by atoms with Gasteiger partial charge in [-0.05, 0) is 116 Å². The molecule has 46 heavy (non-hydrogen) atoms. The van der Waals surface area contributed by atoms with E-state index in [4.69, 9.17) is 4.74 Å². The molecule has 8 nitrogen and oxygen atoms in total. The Morgan fingerprint density at radius 2 is 1.67 bits per heavy atom. The number of nitrogens with one attached hydrogen (secondary N) is 1. The number of fused-ring (bicyclic) bond motifs is 7. The minimum Gasteiger partial charge on any atom is -0.733 e. The fourth-order valence-electron chi connectivity index (χ4n) is 11.8. The number of rotatable bonds is 4. The Kier molecular flexibility index (Phi) is 7.68. The lowest BCUT2D eigenvalue weighted by Crippen LogP contribution is -2.66. The predicted molar refractivity (Wildman–Crippen MR) is 178 cm³/mol. The number of ether oxygens (including phenoxy) is 1. The van der Waals surface area contributed by atoms with Crippen molar-refractivity contribution >= 4 is 29.0 Å². The summed E-state index contributed by atoms with van der Waals surface area (Å²) in [6.45, 7) is 17.5. The quantitative estimate of drug-likeness (QED) is 0.253. The van der Waals surface area contributed by atoms with Gasteiger partial charge in [-0.3, -0.25) is 19.6 Å². The summed E-state index contributed by atoms with van der Waals surface area (Å²) in [5.74, 6) is 0.190. The number of benzene rings is 1. The van der Waals surface area contributed by atoms with Crippen molar-refractivity contribution in [3.05, 3.63) is 41.1 Å². The predicted octanol–water partition coefficient (Wildman–Crippen LogP) is 8.23. The number of allylic oxidation sites excluding steroid dienone is 2. The fraction of sp³-hybridized carbons (Fsp3) is 0.711. The van der Waals surface area contributed by atoms with Crippen LogP contribution in [0.1, 0.15) is 113 Å².